The fraction of sp³-hybridized carbons (Fsp3) is 0.500. The summed E-state index contributed by atoms with van der Waals surface area (Å²) in [6, 6.07) is 1.69. The standard InChI is InChI=1S/C12H17N3O2S/c1-7-8(13)6-9(18-7)10(16)15-5-4-14-11(17)12(15,2)3/h6H,4-5,13H2,1-3H3,(H,14,17). The molecule has 0 saturated carbocycles. The summed E-state index contributed by atoms with van der Waals surface area (Å²) in [5, 5.41) is 2.77. The van der Waals surface area contributed by atoms with Crippen molar-refractivity contribution in [2.24, 2.45) is 0 Å². The largest absolute Gasteiger partial charge is 0.398 e. The Bertz CT molecular complexity index is 488. The van der Waals surface area contributed by atoms with Crippen LogP contribution >= 0.6 is 11.3 Å². The van der Waals surface area contributed by atoms with Gasteiger partial charge in [-0.05, 0) is 26.8 Å². The fourth-order valence-electron chi connectivity index (χ4n) is 1.99. The highest BCUT2D eigenvalue weighted by Gasteiger charge is 2.41. The first-order valence-corrected chi connectivity index (χ1v) is 6.62. The molecular weight excluding hydrogens is 250 g/mol. The molecule has 1 fully saturated rings. The van der Waals surface area contributed by atoms with Crippen molar-refractivity contribution in [3.05, 3.63) is 15.8 Å². The quantitative estimate of drug-likeness (QED) is 0.796. The van der Waals surface area contributed by atoms with E-state index < -0.39 is 5.54 Å². The lowest BCUT2D eigenvalue weighted by Gasteiger charge is -2.40. The Labute approximate surface area is 110 Å². The van der Waals surface area contributed by atoms with Crippen LogP contribution < -0.4 is 11.1 Å². The van der Waals surface area contributed by atoms with Crippen molar-refractivity contribution in [3.63, 3.8) is 0 Å². The van der Waals surface area contributed by atoms with Crippen LogP contribution in [0.5, 0.6) is 0 Å². The lowest BCUT2D eigenvalue weighted by molar-refractivity contribution is -0.133. The van der Waals surface area contributed by atoms with Crippen LogP contribution in [-0.2, 0) is 4.79 Å². The number of anilines is 1. The highest BCUT2D eigenvalue weighted by atomic mass is 32.1. The molecule has 3 N–H and O–H groups in total. The molecule has 2 heterocycles. The Morgan fingerprint density at radius 2 is 2.22 bits per heavy atom. The fourth-order valence-corrected chi connectivity index (χ4v) is 2.88. The van der Waals surface area contributed by atoms with E-state index in [2.05, 4.69) is 5.32 Å². The third-order valence-electron chi connectivity index (χ3n) is 3.26. The third-order valence-corrected chi connectivity index (χ3v) is 4.32. The van der Waals surface area contributed by atoms with Gasteiger partial charge in [0.2, 0.25) is 5.91 Å². The molecule has 1 aliphatic heterocycles. The van der Waals surface area contributed by atoms with Crippen molar-refractivity contribution in [1.82, 2.24) is 10.2 Å². The summed E-state index contributed by atoms with van der Waals surface area (Å²) in [7, 11) is 0. The number of nitrogens with zero attached hydrogens (tertiary/aromatic N) is 1. The van der Waals surface area contributed by atoms with E-state index >= 15 is 0 Å². The van der Waals surface area contributed by atoms with Crippen molar-refractivity contribution in [2.45, 2.75) is 26.3 Å². The number of amides is 2. The predicted molar refractivity (Wildman–Crippen MR) is 71.6 cm³/mol. The number of carbonyl (C=O) groups is 2. The molecule has 6 heteroatoms. The van der Waals surface area contributed by atoms with Crippen molar-refractivity contribution in [1.29, 1.82) is 0 Å². The van der Waals surface area contributed by atoms with Gasteiger partial charge in [0, 0.05) is 23.7 Å². The Balaban J connectivity index is 2.30. The van der Waals surface area contributed by atoms with Crippen LogP contribution in [0.4, 0.5) is 5.69 Å². The van der Waals surface area contributed by atoms with E-state index in [1.54, 1.807) is 24.8 Å². The molecular formula is C12H17N3O2S. The highest BCUT2D eigenvalue weighted by Crippen LogP contribution is 2.27. The zero-order valence-corrected chi connectivity index (χ0v) is 11.6. The third kappa shape index (κ3) is 1.96. The van der Waals surface area contributed by atoms with Crippen LogP contribution in [0.2, 0.25) is 0 Å². The van der Waals surface area contributed by atoms with E-state index in [0.29, 0.717) is 23.7 Å². The Morgan fingerprint density at radius 1 is 1.56 bits per heavy atom. The van der Waals surface area contributed by atoms with Crippen LogP contribution in [-0.4, -0.2) is 35.3 Å². The van der Waals surface area contributed by atoms with Crippen LogP contribution in [0, 0.1) is 6.92 Å². The van der Waals surface area contributed by atoms with Gasteiger partial charge in [-0.1, -0.05) is 0 Å². The molecule has 0 unspecified atom stereocenters. The maximum atomic E-state index is 12.4. The van der Waals surface area contributed by atoms with Gasteiger partial charge in [0.25, 0.3) is 5.91 Å². The number of thiophene rings is 1. The number of nitrogens with two attached hydrogens (primary N) is 1. The van der Waals surface area contributed by atoms with Gasteiger partial charge >= 0.3 is 0 Å². The number of piperazine rings is 1. The summed E-state index contributed by atoms with van der Waals surface area (Å²) < 4.78 is 0. The van der Waals surface area contributed by atoms with Gasteiger partial charge in [0.15, 0.2) is 0 Å². The van der Waals surface area contributed by atoms with E-state index in [9.17, 15) is 9.59 Å². The lowest BCUT2D eigenvalue weighted by atomic mass is 9.98. The van der Waals surface area contributed by atoms with Gasteiger partial charge < -0.3 is 16.0 Å². The molecule has 0 aromatic carbocycles. The Kier molecular flexibility index (Phi) is 3.06. The van der Waals surface area contributed by atoms with E-state index in [1.807, 2.05) is 6.92 Å². The zero-order valence-electron chi connectivity index (χ0n) is 10.7. The van der Waals surface area contributed by atoms with Gasteiger partial charge in [0.1, 0.15) is 5.54 Å². The molecule has 0 atom stereocenters. The minimum atomic E-state index is -0.817. The average Bonchev–Trinajstić information content (AvgIpc) is 2.62. The minimum Gasteiger partial charge on any atom is -0.398 e. The summed E-state index contributed by atoms with van der Waals surface area (Å²) in [4.78, 5) is 27.4. The van der Waals surface area contributed by atoms with E-state index in [4.69, 9.17) is 5.73 Å². The zero-order chi connectivity index (χ0) is 13.5. The van der Waals surface area contributed by atoms with Gasteiger partial charge in [-0.2, -0.15) is 0 Å². The van der Waals surface area contributed by atoms with Crippen LogP contribution in [0.3, 0.4) is 0 Å². The van der Waals surface area contributed by atoms with Crippen LogP contribution in [0.1, 0.15) is 28.4 Å². The molecule has 0 bridgehead atoms. The lowest BCUT2D eigenvalue weighted by Crippen LogP contribution is -2.63. The van der Waals surface area contributed by atoms with Crippen molar-refractivity contribution in [2.75, 3.05) is 18.8 Å². The second-order valence-corrected chi connectivity index (χ2v) is 6.15. The number of aryl methyl sites for hydroxylation is 1. The number of rotatable bonds is 1. The molecule has 1 aromatic heterocycles. The Hall–Kier alpha value is -1.56. The first-order valence-electron chi connectivity index (χ1n) is 5.80. The molecule has 0 aliphatic carbocycles. The Morgan fingerprint density at radius 3 is 2.78 bits per heavy atom. The summed E-state index contributed by atoms with van der Waals surface area (Å²) >= 11 is 1.37. The predicted octanol–water partition coefficient (Wildman–Crippen LogP) is 0.989. The molecule has 0 radical (unpaired) electrons. The number of nitrogens with one attached hydrogen (secondary N) is 1. The van der Waals surface area contributed by atoms with Crippen LogP contribution in [0.15, 0.2) is 6.07 Å². The van der Waals surface area contributed by atoms with Crippen molar-refractivity contribution < 1.29 is 9.59 Å². The first kappa shape index (κ1) is 12.9. The molecule has 98 valence electrons. The number of hydrogen-bond donors (Lipinski definition) is 2. The maximum absolute atomic E-state index is 12.4. The van der Waals surface area contributed by atoms with E-state index in [0.717, 1.165) is 4.88 Å². The molecule has 2 rings (SSSR count). The van der Waals surface area contributed by atoms with Gasteiger partial charge in [-0.15, -0.1) is 11.3 Å². The molecule has 1 saturated heterocycles. The summed E-state index contributed by atoms with van der Waals surface area (Å²) in [6.07, 6.45) is 0. The SMILES string of the molecule is Cc1sc(C(=O)N2CCNC(=O)C2(C)C)cc1N. The highest BCUT2D eigenvalue weighted by molar-refractivity contribution is 7.14. The van der Waals surface area contributed by atoms with Crippen molar-refractivity contribution >= 4 is 28.8 Å². The maximum Gasteiger partial charge on any atom is 0.264 e. The second kappa shape index (κ2) is 4.28. The smallest absolute Gasteiger partial charge is 0.264 e. The number of carbonyl (C=O) groups excluding carboxylic acids is 2. The van der Waals surface area contributed by atoms with Gasteiger partial charge in [0.05, 0.1) is 4.88 Å². The summed E-state index contributed by atoms with van der Waals surface area (Å²) in [6.45, 7) is 6.40. The second-order valence-electron chi connectivity index (χ2n) is 4.89. The molecule has 1 aliphatic rings. The number of hydrogen-bond acceptors (Lipinski definition) is 4. The summed E-state index contributed by atoms with van der Waals surface area (Å²) in [5.41, 5.74) is 5.57. The molecule has 0 spiro atoms. The van der Waals surface area contributed by atoms with Crippen molar-refractivity contribution in [3.8, 4) is 0 Å². The summed E-state index contributed by atoms with van der Waals surface area (Å²) in [5.74, 6) is -0.247. The van der Waals surface area contributed by atoms with Gasteiger partial charge in [-0.3, -0.25) is 9.59 Å². The topological polar surface area (TPSA) is 75.4 Å². The number of nitrogen functional groups attached to an aromatic ring is 1. The molecule has 2 amide bonds. The molecule has 18 heavy (non-hydrogen) atoms. The molecule has 1 aromatic rings. The minimum absolute atomic E-state index is 0.122. The van der Waals surface area contributed by atoms with E-state index in [-0.39, 0.29) is 11.8 Å². The van der Waals surface area contributed by atoms with E-state index in [1.165, 1.54) is 11.3 Å². The monoisotopic (exact) mass is 267 g/mol. The first-order chi connectivity index (χ1) is 8.34. The van der Waals surface area contributed by atoms with Crippen LogP contribution in [0.25, 0.3) is 0 Å². The average molecular weight is 267 g/mol. The van der Waals surface area contributed by atoms with Gasteiger partial charge in [-0.25, -0.2) is 0 Å². The normalized spacial score (nSPS) is 18.6. The molecule has 5 nitrogen and oxygen atoms in total.